The number of amides is 1. The number of halogens is 1. The Morgan fingerprint density at radius 2 is 1.91 bits per heavy atom. The van der Waals surface area contributed by atoms with Gasteiger partial charge in [-0.2, -0.15) is 0 Å². The van der Waals surface area contributed by atoms with Crippen molar-refractivity contribution in [1.82, 2.24) is 28.8 Å². The maximum Gasteiger partial charge on any atom is 0.410 e. The second kappa shape index (κ2) is 12.7. The summed E-state index contributed by atoms with van der Waals surface area (Å²) in [5, 5.41) is 3.21. The summed E-state index contributed by atoms with van der Waals surface area (Å²) in [5.74, 6) is 1.43. The first-order chi connectivity index (χ1) is 20.8. The van der Waals surface area contributed by atoms with Crippen LogP contribution < -0.4 is 5.32 Å². The van der Waals surface area contributed by atoms with Gasteiger partial charge in [0.05, 0.1) is 35.5 Å². The highest BCUT2D eigenvalue weighted by Crippen LogP contribution is 2.27. The molecular weight excluding hydrogens is 577 g/mol. The molecule has 10 nitrogen and oxygen atoms in total. The van der Waals surface area contributed by atoms with Crippen molar-refractivity contribution < 1.29 is 18.7 Å². The van der Waals surface area contributed by atoms with E-state index in [-0.39, 0.29) is 13.0 Å². The zero-order chi connectivity index (χ0) is 31.6. The molecule has 236 valence electrons. The molecule has 0 bridgehead atoms. The highest BCUT2D eigenvalue weighted by atomic mass is 28.3. The molecule has 1 saturated heterocycles. The molecule has 4 aromatic rings. The average molecular weight is 622 g/mol. The molecule has 2 atom stereocenters. The minimum absolute atomic E-state index is 0.194. The Morgan fingerprint density at radius 3 is 2.66 bits per heavy atom. The van der Waals surface area contributed by atoms with E-state index in [1.807, 2.05) is 68.8 Å². The second-order valence-corrected chi connectivity index (χ2v) is 19.3. The topological polar surface area (TPSA) is 98.8 Å². The van der Waals surface area contributed by atoms with Crippen molar-refractivity contribution in [1.29, 1.82) is 0 Å². The van der Waals surface area contributed by atoms with Crippen molar-refractivity contribution in [2.24, 2.45) is 0 Å². The minimum atomic E-state index is -1.16. The largest absolute Gasteiger partial charge is 0.444 e. The van der Waals surface area contributed by atoms with Gasteiger partial charge in [0.25, 0.3) is 0 Å². The fourth-order valence-corrected chi connectivity index (χ4v) is 5.88. The number of hydrogen-bond donors (Lipinski definition) is 1. The maximum atomic E-state index is 14.9. The lowest BCUT2D eigenvalue weighted by molar-refractivity contribution is 0.0150. The van der Waals surface area contributed by atoms with Crippen molar-refractivity contribution in [3.8, 4) is 22.6 Å². The standard InChI is InChI=1S/C32H44FN7O3Si/c1-22-34-18-27(40(22)21-42-15-16-44(5,6)7)23-11-14-39-28(19-35-30(39)17-23)25-9-8-10-29(36-25)37-26-20-38(13-12-24(26)33)31(41)43-32(2,3)4/h8-11,14,17-19,24,26H,12-13,15-16,20-21H2,1-7H3,(H,36,37)/t24-,26-/m0/s1. The van der Waals surface area contributed by atoms with Gasteiger partial charge < -0.3 is 24.3 Å². The number of fused-ring (bicyclic) bond motifs is 1. The van der Waals surface area contributed by atoms with Crippen LogP contribution in [0, 0.1) is 6.92 Å². The molecule has 0 spiro atoms. The first-order valence-electron chi connectivity index (χ1n) is 15.2. The Labute approximate surface area is 259 Å². The van der Waals surface area contributed by atoms with Gasteiger partial charge >= 0.3 is 6.09 Å². The van der Waals surface area contributed by atoms with E-state index in [0.717, 1.165) is 41.1 Å². The van der Waals surface area contributed by atoms with Crippen molar-refractivity contribution in [3.63, 3.8) is 0 Å². The van der Waals surface area contributed by atoms with E-state index >= 15 is 0 Å². The molecule has 1 fully saturated rings. The molecular formula is C32H44FN7O3Si. The summed E-state index contributed by atoms with van der Waals surface area (Å²) in [4.78, 5) is 28.1. The molecule has 0 radical (unpaired) electrons. The summed E-state index contributed by atoms with van der Waals surface area (Å²) in [6.45, 7) is 16.2. The monoisotopic (exact) mass is 621 g/mol. The van der Waals surface area contributed by atoms with Crippen LogP contribution in [0.2, 0.25) is 25.7 Å². The Balaban J connectivity index is 1.31. The summed E-state index contributed by atoms with van der Waals surface area (Å²) >= 11 is 0. The number of rotatable bonds is 9. The third-order valence-electron chi connectivity index (χ3n) is 7.61. The van der Waals surface area contributed by atoms with Crippen LogP contribution in [-0.2, 0) is 16.2 Å². The quantitative estimate of drug-likeness (QED) is 0.165. The number of aryl methyl sites for hydroxylation is 1. The molecule has 0 saturated carbocycles. The highest BCUT2D eigenvalue weighted by Gasteiger charge is 2.34. The van der Waals surface area contributed by atoms with Gasteiger partial charge in [-0.15, -0.1) is 0 Å². The third kappa shape index (κ3) is 7.65. The summed E-state index contributed by atoms with van der Waals surface area (Å²) < 4.78 is 30.5. The van der Waals surface area contributed by atoms with Crippen LogP contribution in [0.5, 0.6) is 0 Å². The number of imidazole rings is 2. The van der Waals surface area contributed by atoms with Crippen LogP contribution in [0.25, 0.3) is 28.3 Å². The Morgan fingerprint density at radius 1 is 1.14 bits per heavy atom. The number of hydrogen-bond acceptors (Lipinski definition) is 7. The number of ether oxygens (including phenoxy) is 2. The molecule has 44 heavy (non-hydrogen) atoms. The second-order valence-electron chi connectivity index (χ2n) is 13.6. The van der Waals surface area contributed by atoms with Gasteiger partial charge in [-0.25, -0.2) is 24.1 Å². The van der Waals surface area contributed by atoms with Crippen LogP contribution in [0.1, 0.15) is 33.0 Å². The van der Waals surface area contributed by atoms with Crippen LogP contribution in [0.15, 0.2) is 48.9 Å². The third-order valence-corrected chi connectivity index (χ3v) is 9.31. The van der Waals surface area contributed by atoms with Crippen molar-refractivity contribution in [3.05, 3.63) is 54.7 Å². The number of anilines is 1. The maximum absolute atomic E-state index is 14.9. The summed E-state index contributed by atoms with van der Waals surface area (Å²) in [6.07, 6.45) is 4.32. The SMILES string of the molecule is Cc1ncc(-c2ccn3c(-c4cccc(N[C@H]5CN(C(=O)OC(C)(C)C)CC[C@@H]5F)n4)cnc3c2)n1COCC[Si](C)(C)C. The number of nitrogens with zero attached hydrogens (tertiary/aromatic N) is 6. The molecule has 5 rings (SSSR count). The van der Waals surface area contributed by atoms with E-state index in [1.165, 1.54) is 0 Å². The Kier molecular flexibility index (Phi) is 9.12. The zero-order valence-electron chi connectivity index (χ0n) is 26.8. The predicted octanol–water partition coefficient (Wildman–Crippen LogP) is 6.64. The average Bonchev–Trinajstić information content (AvgIpc) is 3.54. The number of alkyl halides is 1. The molecule has 5 heterocycles. The van der Waals surface area contributed by atoms with Crippen LogP contribution in [0.3, 0.4) is 0 Å². The Hall–Kier alpha value is -3.77. The number of pyridine rings is 2. The van der Waals surface area contributed by atoms with E-state index < -0.39 is 32.0 Å². The van der Waals surface area contributed by atoms with Crippen LogP contribution >= 0.6 is 0 Å². The van der Waals surface area contributed by atoms with Crippen molar-refractivity contribution in [2.45, 2.75) is 84.3 Å². The highest BCUT2D eigenvalue weighted by molar-refractivity contribution is 6.76. The van der Waals surface area contributed by atoms with Gasteiger partial charge in [-0.1, -0.05) is 25.7 Å². The summed E-state index contributed by atoms with van der Waals surface area (Å²) in [7, 11) is -1.16. The van der Waals surface area contributed by atoms with Gasteiger partial charge in [-0.3, -0.25) is 4.40 Å². The lowest BCUT2D eigenvalue weighted by Gasteiger charge is -2.36. The smallest absolute Gasteiger partial charge is 0.410 e. The molecule has 1 amide bonds. The fourth-order valence-electron chi connectivity index (χ4n) is 5.12. The zero-order valence-corrected chi connectivity index (χ0v) is 27.8. The molecule has 12 heteroatoms. The lowest BCUT2D eigenvalue weighted by atomic mass is 10.0. The molecule has 1 N–H and O–H groups in total. The van der Waals surface area contributed by atoms with Crippen molar-refractivity contribution >= 4 is 25.6 Å². The van der Waals surface area contributed by atoms with E-state index in [0.29, 0.717) is 24.8 Å². The fraction of sp³-hybridized carbons (Fsp3) is 0.500. The molecule has 1 aliphatic rings. The van der Waals surface area contributed by atoms with Crippen molar-refractivity contribution in [2.75, 3.05) is 25.0 Å². The number of nitrogens with one attached hydrogen (secondary N) is 1. The molecule has 0 aromatic carbocycles. The first kappa shape index (κ1) is 31.6. The number of aromatic nitrogens is 5. The minimum Gasteiger partial charge on any atom is -0.444 e. The van der Waals surface area contributed by atoms with Gasteiger partial charge in [0.2, 0.25) is 0 Å². The van der Waals surface area contributed by atoms with E-state index in [9.17, 15) is 9.18 Å². The summed E-state index contributed by atoms with van der Waals surface area (Å²) in [5.41, 5.74) is 3.63. The number of likely N-dealkylation sites (tertiary alicyclic amines) is 1. The first-order valence-corrected chi connectivity index (χ1v) is 18.9. The van der Waals surface area contributed by atoms with Crippen LogP contribution in [-0.4, -0.2) is 80.5 Å². The summed E-state index contributed by atoms with van der Waals surface area (Å²) in [6, 6.07) is 10.2. The van der Waals surface area contributed by atoms with Crippen LogP contribution in [0.4, 0.5) is 15.0 Å². The normalized spacial score (nSPS) is 17.7. The molecule has 4 aromatic heterocycles. The van der Waals surface area contributed by atoms with Gasteiger partial charge in [0, 0.05) is 39.5 Å². The molecule has 0 aliphatic carbocycles. The lowest BCUT2D eigenvalue weighted by Crippen LogP contribution is -2.52. The van der Waals surface area contributed by atoms with Gasteiger partial charge in [0.1, 0.15) is 35.8 Å². The predicted molar refractivity (Wildman–Crippen MR) is 173 cm³/mol. The molecule has 0 unspecified atom stereocenters. The van der Waals surface area contributed by atoms with Gasteiger partial charge in [-0.05, 0) is 64.4 Å². The number of piperidine rings is 1. The number of carbonyl (C=O) groups excluding carboxylic acids is 1. The van der Waals surface area contributed by atoms with Gasteiger partial charge in [0.15, 0.2) is 0 Å². The molecule has 1 aliphatic heterocycles. The van der Waals surface area contributed by atoms with E-state index in [1.54, 1.807) is 17.2 Å². The number of carbonyl (C=O) groups is 1. The Bertz CT molecular complexity index is 1610. The van der Waals surface area contributed by atoms with E-state index in [2.05, 4.69) is 39.5 Å². The van der Waals surface area contributed by atoms with E-state index in [4.69, 9.17) is 14.5 Å².